The zero-order valence-electron chi connectivity index (χ0n) is 26.6. The van der Waals surface area contributed by atoms with E-state index in [0.717, 1.165) is 12.8 Å². The SMILES string of the molecule is CC.CC.CC.CN1CCCC1Cc1cccc2c(-c3ccc(C4=CC=C(C5CCCN5C)C4)cc3)cccc12. The van der Waals surface area contributed by atoms with Crippen molar-refractivity contribution in [3.63, 3.8) is 0 Å². The lowest BCUT2D eigenvalue weighted by Gasteiger charge is -2.21. The number of benzene rings is 3. The van der Waals surface area contributed by atoms with Crippen molar-refractivity contribution in [2.45, 2.75) is 92.2 Å². The third kappa shape index (κ3) is 7.14. The predicted molar refractivity (Wildman–Crippen MR) is 179 cm³/mol. The second-order valence-electron chi connectivity index (χ2n) is 10.6. The predicted octanol–water partition coefficient (Wildman–Crippen LogP) is 10.0. The summed E-state index contributed by atoms with van der Waals surface area (Å²) in [6.45, 7) is 14.5. The fourth-order valence-corrected chi connectivity index (χ4v) is 6.51. The minimum Gasteiger partial charge on any atom is -0.303 e. The lowest BCUT2D eigenvalue weighted by atomic mass is 9.92. The number of nitrogens with zero attached hydrogens (tertiary/aromatic N) is 2. The monoisotopic (exact) mass is 538 g/mol. The molecule has 2 nitrogen and oxygen atoms in total. The summed E-state index contributed by atoms with van der Waals surface area (Å²) in [7, 11) is 4.55. The van der Waals surface area contributed by atoms with Crippen molar-refractivity contribution in [3.8, 4) is 11.1 Å². The van der Waals surface area contributed by atoms with Gasteiger partial charge in [-0.25, -0.2) is 0 Å². The molecule has 2 heteroatoms. The molecular weight excluding hydrogens is 484 g/mol. The van der Waals surface area contributed by atoms with Crippen LogP contribution in [0, 0.1) is 0 Å². The molecule has 0 radical (unpaired) electrons. The number of allylic oxidation sites excluding steroid dienone is 3. The molecule has 3 aliphatic rings. The quantitative estimate of drug-likeness (QED) is 0.319. The van der Waals surface area contributed by atoms with Gasteiger partial charge >= 0.3 is 0 Å². The molecule has 2 unspecified atom stereocenters. The average Bonchev–Trinajstić information content (AvgIpc) is 3.78. The summed E-state index contributed by atoms with van der Waals surface area (Å²) in [5, 5.41) is 2.79. The van der Waals surface area contributed by atoms with Crippen molar-refractivity contribution in [3.05, 3.63) is 89.5 Å². The Labute approximate surface area is 245 Å². The van der Waals surface area contributed by atoms with Crippen LogP contribution >= 0.6 is 0 Å². The van der Waals surface area contributed by atoms with Crippen LogP contribution in [-0.4, -0.2) is 49.1 Å². The molecule has 0 N–H and O–H groups in total. The van der Waals surface area contributed by atoms with E-state index >= 15 is 0 Å². The maximum absolute atomic E-state index is 2.53. The molecule has 2 saturated heterocycles. The van der Waals surface area contributed by atoms with E-state index in [0.29, 0.717) is 12.1 Å². The van der Waals surface area contributed by atoms with Crippen LogP contribution in [-0.2, 0) is 6.42 Å². The minimum absolute atomic E-state index is 0.641. The Morgan fingerprint density at radius 1 is 0.650 bits per heavy atom. The smallest absolute Gasteiger partial charge is 0.0311 e. The van der Waals surface area contributed by atoms with E-state index in [-0.39, 0.29) is 0 Å². The molecule has 2 atom stereocenters. The van der Waals surface area contributed by atoms with Crippen LogP contribution in [0.3, 0.4) is 0 Å². The van der Waals surface area contributed by atoms with Gasteiger partial charge in [-0.3, -0.25) is 4.90 Å². The highest BCUT2D eigenvalue weighted by Gasteiger charge is 2.26. The van der Waals surface area contributed by atoms with Crippen LogP contribution in [0.25, 0.3) is 27.5 Å². The number of hydrogen-bond donors (Lipinski definition) is 0. The Hall–Kier alpha value is -2.68. The number of fused-ring (bicyclic) bond motifs is 1. The Morgan fingerprint density at radius 2 is 1.27 bits per heavy atom. The highest BCUT2D eigenvalue weighted by atomic mass is 15.1. The van der Waals surface area contributed by atoms with Gasteiger partial charge < -0.3 is 4.90 Å². The molecule has 0 bridgehead atoms. The molecule has 2 fully saturated rings. The first-order valence-electron chi connectivity index (χ1n) is 16.1. The van der Waals surface area contributed by atoms with Crippen LogP contribution in [0.5, 0.6) is 0 Å². The first kappa shape index (κ1) is 31.8. The van der Waals surface area contributed by atoms with Gasteiger partial charge in [-0.1, -0.05) is 114 Å². The van der Waals surface area contributed by atoms with E-state index in [1.165, 1.54) is 77.4 Å². The maximum atomic E-state index is 2.53. The molecule has 40 heavy (non-hydrogen) atoms. The maximum Gasteiger partial charge on any atom is 0.0311 e. The van der Waals surface area contributed by atoms with Gasteiger partial charge in [-0.2, -0.15) is 0 Å². The molecule has 216 valence electrons. The number of likely N-dealkylation sites (tertiary alicyclic amines) is 2. The van der Waals surface area contributed by atoms with Crippen molar-refractivity contribution in [1.29, 1.82) is 0 Å². The van der Waals surface area contributed by atoms with Crippen molar-refractivity contribution in [2.75, 3.05) is 27.2 Å². The van der Waals surface area contributed by atoms with Gasteiger partial charge in [-0.05, 0) is 110 Å². The summed E-state index contributed by atoms with van der Waals surface area (Å²) in [6, 6.07) is 24.3. The van der Waals surface area contributed by atoms with Crippen molar-refractivity contribution in [2.24, 2.45) is 0 Å². The number of rotatable bonds is 5. The summed E-state index contributed by atoms with van der Waals surface area (Å²) in [5.74, 6) is 0. The fraction of sp³-hybridized carbons (Fsp3) is 0.474. The van der Waals surface area contributed by atoms with E-state index in [9.17, 15) is 0 Å². The molecular formula is C38H54N2. The Morgan fingerprint density at radius 3 is 1.93 bits per heavy atom. The minimum atomic E-state index is 0.641. The molecule has 6 rings (SSSR count). The molecule has 2 aliphatic heterocycles. The zero-order chi connectivity index (χ0) is 29.1. The molecule has 0 saturated carbocycles. The first-order valence-corrected chi connectivity index (χ1v) is 16.1. The lowest BCUT2D eigenvalue weighted by Crippen LogP contribution is -2.26. The summed E-state index contributed by atoms with van der Waals surface area (Å²) >= 11 is 0. The normalized spacial score (nSPS) is 20.5. The van der Waals surface area contributed by atoms with Gasteiger partial charge in [0.15, 0.2) is 0 Å². The van der Waals surface area contributed by atoms with Gasteiger partial charge in [-0.15, -0.1) is 0 Å². The average molecular weight is 539 g/mol. The molecule has 1 aliphatic carbocycles. The van der Waals surface area contributed by atoms with E-state index in [4.69, 9.17) is 0 Å². The molecule has 0 spiro atoms. The van der Waals surface area contributed by atoms with Crippen molar-refractivity contribution in [1.82, 2.24) is 9.80 Å². The van der Waals surface area contributed by atoms with Crippen LogP contribution < -0.4 is 0 Å². The lowest BCUT2D eigenvalue weighted by molar-refractivity contribution is 0.310. The largest absolute Gasteiger partial charge is 0.303 e. The van der Waals surface area contributed by atoms with Crippen LogP contribution in [0.15, 0.2) is 78.4 Å². The van der Waals surface area contributed by atoms with E-state index in [1.807, 2.05) is 41.5 Å². The van der Waals surface area contributed by atoms with Crippen LogP contribution in [0.2, 0.25) is 0 Å². The Kier molecular flexibility index (Phi) is 12.7. The molecule has 0 aromatic heterocycles. The summed E-state index contributed by atoms with van der Waals surface area (Å²) in [5.41, 5.74) is 8.56. The van der Waals surface area contributed by atoms with Crippen LogP contribution in [0.4, 0.5) is 0 Å². The third-order valence-corrected chi connectivity index (χ3v) is 8.55. The van der Waals surface area contributed by atoms with Crippen LogP contribution in [0.1, 0.15) is 84.8 Å². The van der Waals surface area contributed by atoms with Gasteiger partial charge in [0.05, 0.1) is 0 Å². The molecule has 0 amide bonds. The molecule has 3 aromatic carbocycles. The Bertz CT molecular complexity index is 1250. The number of hydrogen-bond acceptors (Lipinski definition) is 2. The van der Waals surface area contributed by atoms with Crippen molar-refractivity contribution < 1.29 is 0 Å². The van der Waals surface area contributed by atoms with Gasteiger partial charge in [0.1, 0.15) is 0 Å². The van der Waals surface area contributed by atoms with E-state index in [1.54, 1.807) is 5.57 Å². The number of likely N-dealkylation sites (N-methyl/N-ethyl adjacent to an activating group) is 2. The highest BCUT2D eigenvalue weighted by Crippen LogP contribution is 2.36. The molecule has 3 aromatic rings. The second-order valence-corrected chi connectivity index (χ2v) is 10.6. The standard InChI is InChI=1S/C32H36N2.3C2H6/c1-33-19-5-8-28(33)22-26-7-3-11-31-29(9-4-10-30(26)31)24-15-13-23(14-16-24)25-17-18-27(21-25)32-12-6-20-34(32)2;3*1-2/h3-4,7,9-11,13-18,28,32H,5-6,8,12,19-22H2,1-2H3;3*1-2H3. The van der Waals surface area contributed by atoms with Gasteiger partial charge in [0.2, 0.25) is 0 Å². The summed E-state index contributed by atoms with van der Waals surface area (Å²) in [4.78, 5) is 5.05. The van der Waals surface area contributed by atoms with Gasteiger partial charge in [0.25, 0.3) is 0 Å². The highest BCUT2D eigenvalue weighted by molar-refractivity contribution is 5.98. The van der Waals surface area contributed by atoms with Gasteiger partial charge in [0, 0.05) is 12.1 Å². The van der Waals surface area contributed by atoms with E-state index in [2.05, 4.69) is 96.7 Å². The topological polar surface area (TPSA) is 6.48 Å². The molecule has 2 heterocycles. The third-order valence-electron chi connectivity index (χ3n) is 8.55. The van der Waals surface area contributed by atoms with E-state index < -0.39 is 0 Å². The van der Waals surface area contributed by atoms with Crippen molar-refractivity contribution >= 4 is 16.3 Å². The zero-order valence-corrected chi connectivity index (χ0v) is 26.6. The summed E-state index contributed by atoms with van der Waals surface area (Å²) < 4.78 is 0. The first-order chi connectivity index (χ1) is 19.7. The summed E-state index contributed by atoms with van der Waals surface area (Å²) in [6.07, 6.45) is 12.3. The second kappa shape index (κ2) is 15.9. The fourth-order valence-electron chi connectivity index (χ4n) is 6.51. The Balaban J connectivity index is 0.000000691.